The normalized spacial score (nSPS) is 11.6. The van der Waals surface area contributed by atoms with Gasteiger partial charge in [0.1, 0.15) is 11.7 Å². The van der Waals surface area contributed by atoms with Gasteiger partial charge in [-0.15, -0.1) is 0 Å². The smallest absolute Gasteiger partial charge is 0.405 e. The fraction of sp³-hybridized carbons (Fsp3) is 0.143. The number of carbonyl (C=O) groups excluding carboxylic acids is 2. The fourth-order valence-corrected chi connectivity index (χ4v) is 4.87. The number of benzene rings is 3. The van der Waals surface area contributed by atoms with Gasteiger partial charge >= 0.3 is 6.09 Å². The first kappa shape index (κ1) is 30.2. The Labute approximate surface area is 254 Å². The molecule has 0 aliphatic carbocycles. The van der Waals surface area contributed by atoms with Gasteiger partial charge in [0.25, 0.3) is 5.91 Å². The predicted molar refractivity (Wildman–Crippen MR) is 159 cm³/mol. The van der Waals surface area contributed by atoms with Crippen molar-refractivity contribution in [3.05, 3.63) is 94.5 Å². The second-order valence-electron chi connectivity index (χ2n) is 8.60. The first-order valence-electron chi connectivity index (χ1n) is 12.1. The van der Waals surface area contributed by atoms with Gasteiger partial charge in [0.2, 0.25) is 5.91 Å². The fourth-order valence-electron chi connectivity index (χ4n) is 4.05. The zero-order valence-electron chi connectivity index (χ0n) is 21.1. The third-order valence-corrected chi connectivity index (χ3v) is 6.92. The predicted octanol–water partition coefficient (Wildman–Crippen LogP) is 6.58. The molecular formula is C28H22Cl4N4O5. The minimum atomic E-state index is -1.38. The number of hydrogen-bond acceptors (Lipinski definition) is 5. The highest BCUT2D eigenvalue weighted by molar-refractivity contribution is 6.54. The van der Waals surface area contributed by atoms with Gasteiger partial charge in [-0.2, -0.15) is 0 Å². The van der Waals surface area contributed by atoms with Gasteiger partial charge in [-0.05, 0) is 29.8 Å². The molecule has 4 rings (SSSR count). The van der Waals surface area contributed by atoms with E-state index in [0.29, 0.717) is 43.9 Å². The van der Waals surface area contributed by atoms with E-state index in [2.05, 4.69) is 15.8 Å². The summed E-state index contributed by atoms with van der Waals surface area (Å²) >= 11 is 24.4. The number of anilines is 1. The number of amides is 3. The van der Waals surface area contributed by atoms with Crippen molar-refractivity contribution < 1.29 is 24.0 Å². The zero-order valence-corrected chi connectivity index (χ0v) is 24.1. The highest BCUT2D eigenvalue weighted by atomic mass is 35.5. The zero-order chi connectivity index (χ0) is 29.5. The molecular weight excluding hydrogens is 614 g/mol. The SMILES string of the molecule is O=C(O)NC(C(=O)NCCN(C(=O)C(Cl)Cl)c1cccc(-c2cc(-c3c(Cl)cccc3Cl)no2)c1)c1ccccc1. The number of nitrogens with zero attached hydrogens (tertiary/aromatic N) is 2. The van der Waals surface area contributed by atoms with Crippen molar-refractivity contribution >= 4 is 70.0 Å². The molecule has 0 fully saturated rings. The molecule has 0 aliphatic heterocycles. The summed E-state index contributed by atoms with van der Waals surface area (Å²) in [6.07, 6.45) is -1.36. The van der Waals surface area contributed by atoms with E-state index >= 15 is 0 Å². The number of carboxylic acid groups (broad SMARTS) is 1. The van der Waals surface area contributed by atoms with Crippen molar-refractivity contribution in [2.45, 2.75) is 10.9 Å². The van der Waals surface area contributed by atoms with Crippen molar-refractivity contribution in [2.24, 2.45) is 0 Å². The summed E-state index contributed by atoms with van der Waals surface area (Å²) in [4.78, 5) is 37.0. The molecule has 1 aromatic heterocycles. The molecule has 1 atom stereocenters. The Kier molecular flexibility index (Phi) is 10.1. The van der Waals surface area contributed by atoms with Crippen LogP contribution in [0.25, 0.3) is 22.6 Å². The maximum atomic E-state index is 12.9. The van der Waals surface area contributed by atoms with Gasteiger partial charge in [-0.1, -0.05) is 100 Å². The minimum Gasteiger partial charge on any atom is -0.465 e. The molecule has 3 N–H and O–H groups in total. The Morgan fingerprint density at radius 2 is 1.61 bits per heavy atom. The molecule has 0 spiro atoms. The van der Waals surface area contributed by atoms with Crippen LogP contribution in [0, 0.1) is 0 Å². The molecule has 1 heterocycles. The van der Waals surface area contributed by atoms with Crippen LogP contribution in [0.5, 0.6) is 0 Å². The van der Waals surface area contributed by atoms with Crippen LogP contribution in [0.15, 0.2) is 83.4 Å². The Morgan fingerprint density at radius 3 is 2.27 bits per heavy atom. The lowest BCUT2D eigenvalue weighted by molar-refractivity contribution is -0.123. The number of aromatic nitrogens is 1. The molecule has 4 aromatic rings. The van der Waals surface area contributed by atoms with Crippen LogP contribution in [0.3, 0.4) is 0 Å². The summed E-state index contributed by atoms with van der Waals surface area (Å²) in [6, 6.07) is 20.8. The Hall–Kier alpha value is -3.76. The third-order valence-electron chi connectivity index (χ3n) is 5.92. The van der Waals surface area contributed by atoms with Crippen LogP contribution in [-0.4, -0.2) is 46.1 Å². The van der Waals surface area contributed by atoms with E-state index in [4.69, 9.17) is 50.9 Å². The van der Waals surface area contributed by atoms with Crippen molar-refractivity contribution in [1.29, 1.82) is 0 Å². The second-order valence-corrected chi connectivity index (χ2v) is 10.5. The van der Waals surface area contributed by atoms with Crippen molar-refractivity contribution in [2.75, 3.05) is 18.0 Å². The first-order chi connectivity index (χ1) is 19.7. The van der Waals surface area contributed by atoms with Crippen LogP contribution in [-0.2, 0) is 9.59 Å². The maximum absolute atomic E-state index is 12.9. The van der Waals surface area contributed by atoms with Crippen LogP contribution in [0.4, 0.5) is 10.5 Å². The molecule has 0 radical (unpaired) electrons. The number of carbonyl (C=O) groups is 3. The van der Waals surface area contributed by atoms with Crippen molar-refractivity contribution in [1.82, 2.24) is 15.8 Å². The number of hydrogen-bond donors (Lipinski definition) is 3. The molecule has 13 heteroatoms. The van der Waals surface area contributed by atoms with E-state index in [1.165, 1.54) is 4.90 Å². The first-order valence-corrected chi connectivity index (χ1v) is 13.7. The highest BCUT2D eigenvalue weighted by Crippen LogP contribution is 2.36. The van der Waals surface area contributed by atoms with Crippen molar-refractivity contribution in [3.8, 4) is 22.6 Å². The van der Waals surface area contributed by atoms with Gasteiger partial charge in [0.05, 0.1) is 10.0 Å². The standard InChI is InChI=1S/C28H22Cl4N4O5/c29-19-10-5-11-20(30)23(19)21-15-22(41-35-21)17-8-4-9-18(14-17)36(27(38)25(31)32)13-12-33-26(37)24(34-28(39)40)16-6-2-1-3-7-16/h1-11,14-15,24-25,34H,12-13H2,(H,33,37)(H,39,40). The molecule has 212 valence electrons. The van der Waals surface area contributed by atoms with Gasteiger partial charge in [0, 0.05) is 36.0 Å². The number of nitrogens with one attached hydrogen (secondary N) is 2. The van der Waals surface area contributed by atoms with Crippen LogP contribution in [0.2, 0.25) is 10.0 Å². The lowest BCUT2D eigenvalue weighted by atomic mass is 10.1. The monoisotopic (exact) mass is 634 g/mol. The van der Waals surface area contributed by atoms with Crippen LogP contribution < -0.4 is 15.5 Å². The molecule has 9 nitrogen and oxygen atoms in total. The summed E-state index contributed by atoms with van der Waals surface area (Å²) in [5.74, 6) is -0.832. The van der Waals surface area contributed by atoms with E-state index in [1.54, 1.807) is 78.9 Å². The summed E-state index contributed by atoms with van der Waals surface area (Å²) in [5.41, 5.74) is 2.42. The Morgan fingerprint density at radius 1 is 0.927 bits per heavy atom. The lowest BCUT2D eigenvalue weighted by Crippen LogP contribution is -2.44. The summed E-state index contributed by atoms with van der Waals surface area (Å²) in [5, 5.41) is 19.0. The van der Waals surface area contributed by atoms with E-state index in [-0.39, 0.29) is 13.1 Å². The van der Waals surface area contributed by atoms with Gasteiger partial charge in [0.15, 0.2) is 10.6 Å². The topological polar surface area (TPSA) is 125 Å². The Bertz CT molecular complexity index is 1530. The molecule has 3 aromatic carbocycles. The van der Waals surface area contributed by atoms with E-state index in [0.717, 1.165) is 0 Å². The molecule has 1 unspecified atom stereocenters. The lowest BCUT2D eigenvalue weighted by Gasteiger charge is -2.25. The average molecular weight is 636 g/mol. The van der Waals surface area contributed by atoms with Crippen LogP contribution >= 0.6 is 46.4 Å². The second kappa shape index (κ2) is 13.7. The Balaban J connectivity index is 1.53. The summed E-state index contributed by atoms with van der Waals surface area (Å²) < 4.78 is 5.54. The molecule has 0 aliphatic rings. The molecule has 0 saturated heterocycles. The average Bonchev–Trinajstić information content (AvgIpc) is 3.44. The van der Waals surface area contributed by atoms with Gasteiger partial charge in [-0.25, -0.2) is 4.79 Å². The number of rotatable bonds is 10. The van der Waals surface area contributed by atoms with E-state index < -0.39 is 28.8 Å². The quantitative estimate of drug-likeness (QED) is 0.169. The van der Waals surface area contributed by atoms with Gasteiger partial charge < -0.3 is 25.2 Å². The highest BCUT2D eigenvalue weighted by Gasteiger charge is 2.25. The summed E-state index contributed by atoms with van der Waals surface area (Å²) in [7, 11) is 0. The van der Waals surface area contributed by atoms with E-state index in [9.17, 15) is 19.5 Å². The molecule has 0 saturated carbocycles. The van der Waals surface area contributed by atoms with Crippen molar-refractivity contribution in [3.63, 3.8) is 0 Å². The molecule has 41 heavy (non-hydrogen) atoms. The number of halogens is 4. The summed E-state index contributed by atoms with van der Waals surface area (Å²) in [6.45, 7) is -0.0488. The third kappa shape index (κ3) is 7.51. The van der Waals surface area contributed by atoms with Crippen LogP contribution in [0.1, 0.15) is 11.6 Å². The molecule has 3 amide bonds. The minimum absolute atomic E-state index is 0.0184. The molecule has 0 bridgehead atoms. The number of alkyl halides is 2. The maximum Gasteiger partial charge on any atom is 0.405 e. The largest absolute Gasteiger partial charge is 0.465 e. The van der Waals surface area contributed by atoms with Gasteiger partial charge in [-0.3, -0.25) is 9.59 Å². The van der Waals surface area contributed by atoms with E-state index in [1.807, 2.05) is 0 Å².